The smallest absolute Gasteiger partial charge is 0.251 e. The Bertz CT molecular complexity index is 1060. The molecule has 0 saturated heterocycles. The fourth-order valence-corrected chi connectivity index (χ4v) is 3.41. The van der Waals surface area contributed by atoms with Crippen LogP contribution in [0.5, 0.6) is 0 Å². The number of thiocarbonyl (C=S) groups is 1. The van der Waals surface area contributed by atoms with Gasteiger partial charge in [0.2, 0.25) is 5.91 Å². The Labute approximate surface area is 187 Å². The van der Waals surface area contributed by atoms with Gasteiger partial charge in [0.1, 0.15) is 0 Å². The van der Waals surface area contributed by atoms with E-state index in [0.717, 1.165) is 22.8 Å². The van der Waals surface area contributed by atoms with Crippen LogP contribution in [0.1, 0.15) is 22.3 Å². The standard InChI is InChI=1S/C24H25N3O3S/c1-30-15-5-14-25-23(29)18-10-12-20(13-11-18)26-24(31)27-22(28)16-19-8-4-7-17-6-2-3-9-21(17)19/h2-4,6-13H,5,14-16H2,1H3,(H,25,29)(H2,26,27,28,31). The van der Waals surface area contributed by atoms with Crippen molar-refractivity contribution in [2.24, 2.45) is 0 Å². The average Bonchev–Trinajstić information content (AvgIpc) is 2.77. The topological polar surface area (TPSA) is 79.5 Å². The SMILES string of the molecule is COCCCNC(=O)c1ccc(NC(=S)NC(=O)Cc2cccc3ccccc23)cc1. The zero-order valence-corrected chi connectivity index (χ0v) is 18.1. The minimum Gasteiger partial charge on any atom is -0.385 e. The molecule has 31 heavy (non-hydrogen) atoms. The highest BCUT2D eigenvalue weighted by Crippen LogP contribution is 2.19. The van der Waals surface area contributed by atoms with Crippen molar-refractivity contribution in [3.05, 3.63) is 77.9 Å². The van der Waals surface area contributed by atoms with Gasteiger partial charge in [-0.25, -0.2) is 0 Å². The zero-order chi connectivity index (χ0) is 22.1. The van der Waals surface area contributed by atoms with Gasteiger partial charge in [0.05, 0.1) is 6.42 Å². The summed E-state index contributed by atoms with van der Waals surface area (Å²) in [4.78, 5) is 24.5. The number of rotatable bonds is 8. The van der Waals surface area contributed by atoms with Crippen LogP contribution in [0, 0.1) is 0 Å². The summed E-state index contributed by atoms with van der Waals surface area (Å²) in [5, 5.41) is 10.9. The van der Waals surface area contributed by atoms with Crippen molar-refractivity contribution in [2.45, 2.75) is 12.8 Å². The van der Waals surface area contributed by atoms with Crippen LogP contribution in [0.3, 0.4) is 0 Å². The van der Waals surface area contributed by atoms with Crippen LogP contribution in [0.4, 0.5) is 5.69 Å². The summed E-state index contributed by atoms with van der Waals surface area (Å²) >= 11 is 5.26. The number of anilines is 1. The minimum absolute atomic E-state index is 0.145. The predicted molar refractivity (Wildman–Crippen MR) is 127 cm³/mol. The minimum atomic E-state index is -0.194. The third-order valence-electron chi connectivity index (χ3n) is 4.70. The maximum atomic E-state index is 12.4. The predicted octanol–water partition coefficient (Wildman–Crippen LogP) is 3.66. The molecule has 0 fully saturated rings. The lowest BCUT2D eigenvalue weighted by molar-refractivity contribution is -0.119. The molecule has 0 spiro atoms. The molecule has 3 aromatic carbocycles. The van der Waals surface area contributed by atoms with Gasteiger partial charge in [-0.15, -0.1) is 0 Å². The summed E-state index contributed by atoms with van der Waals surface area (Å²) < 4.78 is 4.96. The lowest BCUT2D eigenvalue weighted by Gasteiger charge is -2.11. The molecule has 3 rings (SSSR count). The number of amides is 2. The summed E-state index contributed by atoms with van der Waals surface area (Å²) in [6.07, 6.45) is 0.986. The van der Waals surface area contributed by atoms with Crippen molar-refractivity contribution in [1.82, 2.24) is 10.6 Å². The molecule has 0 saturated carbocycles. The van der Waals surface area contributed by atoms with Gasteiger partial charge < -0.3 is 20.7 Å². The molecule has 3 aromatic rings. The summed E-state index contributed by atoms with van der Waals surface area (Å²) in [5.74, 6) is -0.338. The van der Waals surface area contributed by atoms with Crippen molar-refractivity contribution >= 4 is 45.6 Å². The van der Waals surface area contributed by atoms with Crippen molar-refractivity contribution in [3.63, 3.8) is 0 Å². The average molecular weight is 436 g/mol. The molecule has 160 valence electrons. The molecule has 0 aliphatic rings. The fourth-order valence-electron chi connectivity index (χ4n) is 3.18. The summed E-state index contributed by atoms with van der Waals surface area (Å²) in [6, 6.07) is 20.8. The van der Waals surface area contributed by atoms with E-state index in [4.69, 9.17) is 17.0 Å². The summed E-state index contributed by atoms with van der Waals surface area (Å²) in [6.45, 7) is 1.16. The van der Waals surface area contributed by atoms with E-state index in [1.54, 1.807) is 31.4 Å². The highest BCUT2D eigenvalue weighted by atomic mass is 32.1. The molecule has 0 atom stereocenters. The molecule has 2 amide bonds. The number of nitrogens with one attached hydrogen (secondary N) is 3. The molecular formula is C24H25N3O3S. The molecule has 6 nitrogen and oxygen atoms in total. The van der Waals surface area contributed by atoms with Crippen LogP contribution >= 0.6 is 12.2 Å². The van der Waals surface area contributed by atoms with Gasteiger partial charge in [-0.05, 0) is 59.2 Å². The van der Waals surface area contributed by atoms with E-state index in [1.165, 1.54) is 0 Å². The maximum absolute atomic E-state index is 12.4. The van der Waals surface area contributed by atoms with Crippen LogP contribution in [-0.4, -0.2) is 37.2 Å². The lowest BCUT2D eigenvalue weighted by atomic mass is 10.0. The van der Waals surface area contributed by atoms with Gasteiger partial charge in [-0.1, -0.05) is 42.5 Å². The lowest BCUT2D eigenvalue weighted by Crippen LogP contribution is -2.35. The van der Waals surface area contributed by atoms with Crippen molar-refractivity contribution < 1.29 is 14.3 Å². The van der Waals surface area contributed by atoms with Gasteiger partial charge >= 0.3 is 0 Å². The van der Waals surface area contributed by atoms with Gasteiger partial charge in [0, 0.05) is 31.5 Å². The van der Waals surface area contributed by atoms with E-state index in [0.29, 0.717) is 24.4 Å². The normalized spacial score (nSPS) is 10.5. The number of benzene rings is 3. The number of hydrogen-bond acceptors (Lipinski definition) is 4. The number of carbonyl (C=O) groups is 2. The second-order valence-electron chi connectivity index (χ2n) is 7.00. The molecular weight excluding hydrogens is 410 g/mol. The number of methoxy groups -OCH3 is 1. The van der Waals surface area contributed by atoms with E-state index in [-0.39, 0.29) is 23.3 Å². The third kappa shape index (κ3) is 6.60. The molecule has 7 heteroatoms. The first-order valence-corrected chi connectivity index (χ1v) is 10.4. The van der Waals surface area contributed by atoms with Crippen molar-refractivity contribution in [1.29, 1.82) is 0 Å². The first-order chi connectivity index (χ1) is 15.1. The van der Waals surface area contributed by atoms with E-state index >= 15 is 0 Å². The molecule has 0 unspecified atom stereocenters. The molecule has 3 N–H and O–H groups in total. The number of ether oxygens (including phenoxy) is 1. The van der Waals surface area contributed by atoms with E-state index < -0.39 is 0 Å². The largest absolute Gasteiger partial charge is 0.385 e. The second-order valence-corrected chi connectivity index (χ2v) is 7.41. The Morgan fingerprint density at radius 3 is 2.48 bits per heavy atom. The fraction of sp³-hybridized carbons (Fsp3) is 0.208. The Kier molecular flexibility index (Phi) is 8.09. The Hall–Kier alpha value is -3.29. The molecule has 0 aliphatic carbocycles. The quantitative estimate of drug-likeness (QED) is 0.372. The van der Waals surface area contributed by atoms with Gasteiger partial charge in [0.25, 0.3) is 5.91 Å². The Morgan fingerprint density at radius 2 is 1.71 bits per heavy atom. The van der Waals surface area contributed by atoms with E-state index in [2.05, 4.69) is 16.0 Å². The van der Waals surface area contributed by atoms with Crippen LogP contribution < -0.4 is 16.0 Å². The Morgan fingerprint density at radius 1 is 0.968 bits per heavy atom. The molecule has 0 bridgehead atoms. The van der Waals surface area contributed by atoms with Crippen LogP contribution in [-0.2, 0) is 16.0 Å². The van der Waals surface area contributed by atoms with E-state index in [9.17, 15) is 9.59 Å². The van der Waals surface area contributed by atoms with Crippen LogP contribution in [0.15, 0.2) is 66.7 Å². The highest BCUT2D eigenvalue weighted by Gasteiger charge is 2.10. The van der Waals surface area contributed by atoms with Crippen LogP contribution in [0.25, 0.3) is 10.8 Å². The Balaban J connectivity index is 1.51. The molecule has 0 heterocycles. The second kappa shape index (κ2) is 11.2. The van der Waals surface area contributed by atoms with Gasteiger partial charge in [-0.2, -0.15) is 0 Å². The zero-order valence-electron chi connectivity index (χ0n) is 17.3. The number of hydrogen-bond donors (Lipinski definition) is 3. The van der Waals surface area contributed by atoms with Crippen molar-refractivity contribution in [3.8, 4) is 0 Å². The first kappa shape index (κ1) is 22.4. The molecule has 0 radical (unpaired) electrons. The molecule has 0 aliphatic heterocycles. The highest BCUT2D eigenvalue weighted by molar-refractivity contribution is 7.80. The molecule has 0 aromatic heterocycles. The monoisotopic (exact) mass is 435 g/mol. The van der Waals surface area contributed by atoms with Crippen molar-refractivity contribution in [2.75, 3.05) is 25.6 Å². The summed E-state index contributed by atoms with van der Waals surface area (Å²) in [7, 11) is 1.63. The maximum Gasteiger partial charge on any atom is 0.251 e. The number of carbonyl (C=O) groups excluding carboxylic acids is 2. The summed E-state index contributed by atoms with van der Waals surface area (Å²) in [5.41, 5.74) is 2.18. The first-order valence-electron chi connectivity index (χ1n) is 10.0. The number of fused-ring (bicyclic) bond motifs is 1. The van der Waals surface area contributed by atoms with Gasteiger partial charge in [-0.3, -0.25) is 9.59 Å². The third-order valence-corrected chi connectivity index (χ3v) is 4.90. The van der Waals surface area contributed by atoms with Gasteiger partial charge in [0.15, 0.2) is 5.11 Å². The van der Waals surface area contributed by atoms with Crippen LogP contribution in [0.2, 0.25) is 0 Å². The van der Waals surface area contributed by atoms with E-state index in [1.807, 2.05) is 42.5 Å².